The molecule has 0 amide bonds. The monoisotopic (exact) mass is 265 g/mol. The molecule has 0 aliphatic heterocycles. The average molecular weight is 265 g/mol. The molecule has 1 aliphatic rings. The number of aliphatic hydroxyl groups excluding tert-OH is 1. The molecule has 0 aromatic carbocycles. The first-order valence-corrected chi connectivity index (χ1v) is 7.04. The fraction of sp³-hybridized carbons (Fsp3) is 0.692. The van der Waals surface area contributed by atoms with E-state index in [0.717, 1.165) is 41.9 Å². The predicted octanol–water partition coefficient (Wildman–Crippen LogP) is 2.52. The lowest BCUT2D eigenvalue weighted by Crippen LogP contribution is -2.33. The van der Waals surface area contributed by atoms with Gasteiger partial charge in [-0.25, -0.2) is 0 Å². The van der Waals surface area contributed by atoms with Gasteiger partial charge in [0.25, 0.3) is 0 Å². The van der Waals surface area contributed by atoms with Gasteiger partial charge in [0.1, 0.15) is 10.4 Å². The van der Waals surface area contributed by atoms with Gasteiger partial charge in [-0.1, -0.05) is 20.8 Å². The smallest absolute Gasteiger partial charge is 0.140 e. The lowest BCUT2D eigenvalue weighted by molar-refractivity contribution is 0.0328. The Morgan fingerprint density at radius 1 is 1.56 bits per heavy atom. The molecule has 0 bridgehead atoms. The number of hydrogen-bond acceptors (Lipinski definition) is 4. The highest BCUT2D eigenvalue weighted by Crippen LogP contribution is 2.32. The highest BCUT2D eigenvalue weighted by molar-refractivity contribution is 8.03. The number of nitrogens with zero attached hydrogens (tertiary/aromatic N) is 3. The van der Waals surface area contributed by atoms with Crippen molar-refractivity contribution < 1.29 is 5.11 Å². The van der Waals surface area contributed by atoms with Gasteiger partial charge in [0, 0.05) is 29.4 Å². The van der Waals surface area contributed by atoms with E-state index in [9.17, 15) is 5.11 Å². The molecule has 1 saturated carbocycles. The van der Waals surface area contributed by atoms with Crippen molar-refractivity contribution in [3.8, 4) is 5.40 Å². The van der Waals surface area contributed by atoms with Gasteiger partial charge in [-0.15, -0.1) is 0 Å². The van der Waals surface area contributed by atoms with Gasteiger partial charge in [0.05, 0.1) is 6.10 Å². The molecule has 4 nitrogen and oxygen atoms in total. The van der Waals surface area contributed by atoms with Gasteiger partial charge in [0.2, 0.25) is 0 Å². The van der Waals surface area contributed by atoms with E-state index in [2.05, 4.69) is 31.3 Å². The normalized spacial score (nSPS) is 23.5. The Morgan fingerprint density at radius 3 is 2.72 bits per heavy atom. The summed E-state index contributed by atoms with van der Waals surface area (Å²) in [6.07, 6.45) is 1.60. The zero-order valence-electron chi connectivity index (χ0n) is 11.1. The zero-order valence-corrected chi connectivity index (χ0v) is 11.9. The van der Waals surface area contributed by atoms with E-state index in [4.69, 9.17) is 5.26 Å². The van der Waals surface area contributed by atoms with Crippen LogP contribution in [0.1, 0.15) is 39.3 Å². The highest BCUT2D eigenvalue weighted by Gasteiger charge is 2.30. The van der Waals surface area contributed by atoms with Crippen molar-refractivity contribution in [1.82, 2.24) is 9.78 Å². The molecular formula is C13H19N3OS. The summed E-state index contributed by atoms with van der Waals surface area (Å²) in [5, 5.41) is 25.4. The second-order valence-electron chi connectivity index (χ2n) is 5.98. The summed E-state index contributed by atoms with van der Waals surface area (Å²) in [5.74, 6) is 0.515. The first-order chi connectivity index (χ1) is 8.40. The lowest BCUT2D eigenvalue weighted by Gasteiger charge is -2.32. The first-order valence-electron chi connectivity index (χ1n) is 6.22. The second-order valence-corrected chi connectivity index (χ2v) is 6.79. The number of aliphatic hydroxyl groups is 1. The molecule has 0 unspecified atom stereocenters. The summed E-state index contributed by atoms with van der Waals surface area (Å²) >= 11 is 1.10. The number of thioether (sulfide) groups is 1. The van der Waals surface area contributed by atoms with Crippen LogP contribution in [-0.4, -0.2) is 21.0 Å². The molecule has 0 atom stereocenters. The predicted molar refractivity (Wildman–Crippen MR) is 71.1 cm³/mol. The Hall–Kier alpha value is -0.990. The SMILES string of the molecule is CC(C)(C)c1cc(SC#N)nn1C[C@H]1C[C@@H](O)C1. The molecule has 1 aromatic rings. The van der Waals surface area contributed by atoms with Crippen molar-refractivity contribution >= 4 is 11.8 Å². The molecule has 5 heteroatoms. The van der Waals surface area contributed by atoms with Gasteiger partial charge < -0.3 is 5.11 Å². The molecule has 0 radical (unpaired) electrons. The Kier molecular flexibility index (Phi) is 3.69. The van der Waals surface area contributed by atoms with Crippen molar-refractivity contribution in [2.45, 2.75) is 56.7 Å². The van der Waals surface area contributed by atoms with Crippen molar-refractivity contribution in [1.29, 1.82) is 5.26 Å². The third-order valence-corrected chi connectivity index (χ3v) is 3.82. The minimum absolute atomic E-state index is 0.0175. The maximum Gasteiger partial charge on any atom is 0.140 e. The lowest BCUT2D eigenvalue weighted by atomic mass is 9.82. The fourth-order valence-corrected chi connectivity index (χ4v) is 2.73. The van der Waals surface area contributed by atoms with Crippen molar-refractivity contribution in [2.75, 3.05) is 0 Å². The van der Waals surface area contributed by atoms with Gasteiger partial charge in [-0.2, -0.15) is 10.4 Å². The molecule has 0 saturated heterocycles. The summed E-state index contributed by atoms with van der Waals surface area (Å²) in [7, 11) is 0. The van der Waals surface area contributed by atoms with E-state index in [1.807, 2.05) is 10.7 Å². The van der Waals surface area contributed by atoms with Gasteiger partial charge in [-0.05, 0) is 24.8 Å². The third-order valence-electron chi connectivity index (χ3n) is 3.32. The van der Waals surface area contributed by atoms with Gasteiger partial charge in [0.15, 0.2) is 0 Å². The minimum Gasteiger partial charge on any atom is -0.393 e. The van der Waals surface area contributed by atoms with Gasteiger partial charge in [-0.3, -0.25) is 4.68 Å². The average Bonchev–Trinajstić information content (AvgIpc) is 2.59. The second kappa shape index (κ2) is 4.94. The van der Waals surface area contributed by atoms with Crippen molar-refractivity contribution in [3.05, 3.63) is 11.8 Å². The van der Waals surface area contributed by atoms with Crippen LogP contribution in [0.25, 0.3) is 0 Å². The van der Waals surface area contributed by atoms with Crippen LogP contribution in [0.5, 0.6) is 0 Å². The molecule has 1 aliphatic carbocycles. The Morgan fingerprint density at radius 2 is 2.22 bits per heavy atom. The summed E-state index contributed by atoms with van der Waals surface area (Å²) < 4.78 is 2.01. The van der Waals surface area contributed by atoms with Crippen LogP contribution in [-0.2, 0) is 12.0 Å². The quantitative estimate of drug-likeness (QED) is 0.674. The van der Waals surface area contributed by atoms with Crippen LogP contribution < -0.4 is 0 Å². The Balaban J connectivity index is 2.18. The van der Waals surface area contributed by atoms with Crippen LogP contribution >= 0.6 is 11.8 Å². The third kappa shape index (κ3) is 2.88. The molecule has 0 spiro atoms. The number of hydrogen-bond donors (Lipinski definition) is 1. The molecule has 98 valence electrons. The zero-order chi connectivity index (χ0) is 13.3. The molecule has 1 N–H and O–H groups in total. The molecular weight excluding hydrogens is 246 g/mol. The number of nitriles is 1. The van der Waals surface area contributed by atoms with Crippen molar-refractivity contribution in [2.24, 2.45) is 5.92 Å². The number of thiocyanates is 1. The van der Waals surface area contributed by atoms with Crippen LogP contribution in [0.4, 0.5) is 0 Å². The van der Waals surface area contributed by atoms with E-state index < -0.39 is 0 Å². The summed E-state index contributed by atoms with van der Waals surface area (Å²) in [6.45, 7) is 7.29. The minimum atomic E-state index is -0.128. The first kappa shape index (κ1) is 13.4. The Labute approximate surface area is 112 Å². The van der Waals surface area contributed by atoms with Crippen LogP contribution in [0.3, 0.4) is 0 Å². The molecule has 18 heavy (non-hydrogen) atoms. The maximum atomic E-state index is 9.34. The van der Waals surface area contributed by atoms with E-state index >= 15 is 0 Å². The summed E-state index contributed by atoms with van der Waals surface area (Å²) in [6, 6.07) is 2.00. The van der Waals surface area contributed by atoms with Gasteiger partial charge >= 0.3 is 0 Å². The molecule has 1 aromatic heterocycles. The van der Waals surface area contributed by atoms with E-state index in [0.29, 0.717) is 5.92 Å². The van der Waals surface area contributed by atoms with E-state index in [1.165, 1.54) is 0 Å². The maximum absolute atomic E-state index is 9.34. The summed E-state index contributed by atoms with van der Waals surface area (Å²) in [4.78, 5) is 0. The number of aromatic nitrogens is 2. The molecule has 2 rings (SSSR count). The van der Waals surface area contributed by atoms with Crippen molar-refractivity contribution in [3.63, 3.8) is 0 Å². The van der Waals surface area contributed by atoms with Crippen LogP contribution in [0.15, 0.2) is 11.1 Å². The van der Waals surface area contributed by atoms with E-state index in [-0.39, 0.29) is 11.5 Å². The van der Waals surface area contributed by atoms with Crippen LogP contribution in [0.2, 0.25) is 0 Å². The standard InChI is InChI=1S/C13H19N3OS/c1-13(2,3)11-6-12(18-8-14)15-16(11)7-9-4-10(17)5-9/h6,9-10,17H,4-5,7H2,1-3H3/t9-,10+. The highest BCUT2D eigenvalue weighted by atomic mass is 32.2. The number of rotatable bonds is 3. The topological polar surface area (TPSA) is 61.8 Å². The molecule has 1 heterocycles. The summed E-state index contributed by atoms with van der Waals surface area (Å²) in [5.41, 5.74) is 1.17. The molecule has 1 fully saturated rings. The van der Waals surface area contributed by atoms with Crippen LogP contribution in [0, 0.1) is 16.6 Å². The Bertz CT molecular complexity index is 464. The largest absolute Gasteiger partial charge is 0.393 e. The fourth-order valence-electron chi connectivity index (χ4n) is 2.33. The van der Waals surface area contributed by atoms with E-state index in [1.54, 1.807) is 0 Å².